The zero-order chi connectivity index (χ0) is 18.8. The molecule has 0 saturated carbocycles. The van der Waals surface area contributed by atoms with Gasteiger partial charge in [0.15, 0.2) is 11.5 Å². The van der Waals surface area contributed by atoms with Crippen molar-refractivity contribution in [3.05, 3.63) is 84.0 Å². The van der Waals surface area contributed by atoms with Gasteiger partial charge in [0.2, 0.25) is 0 Å². The molecule has 2 N–H and O–H groups in total. The van der Waals surface area contributed by atoms with E-state index in [-0.39, 0.29) is 23.3 Å². The Morgan fingerprint density at radius 3 is 2.41 bits per heavy atom. The van der Waals surface area contributed by atoms with Crippen LogP contribution in [0.5, 0.6) is 0 Å². The first kappa shape index (κ1) is 16.7. The molecule has 2 heterocycles. The highest BCUT2D eigenvalue weighted by Crippen LogP contribution is 2.23. The van der Waals surface area contributed by atoms with Gasteiger partial charge < -0.3 is 19.5 Å². The molecule has 6 nitrogen and oxygen atoms in total. The molecule has 4 rings (SSSR count). The third-order valence-electron chi connectivity index (χ3n) is 4.13. The molecule has 2 amide bonds. The molecule has 0 fully saturated rings. The second kappa shape index (κ2) is 6.84. The van der Waals surface area contributed by atoms with Crippen LogP contribution in [0.4, 0.5) is 11.4 Å². The molecule has 0 saturated heterocycles. The number of anilines is 2. The lowest BCUT2D eigenvalue weighted by Crippen LogP contribution is -2.13. The van der Waals surface area contributed by atoms with Crippen molar-refractivity contribution in [2.75, 3.05) is 10.6 Å². The Morgan fingerprint density at radius 2 is 1.67 bits per heavy atom. The third kappa shape index (κ3) is 3.46. The topological polar surface area (TPSA) is 84.5 Å². The fourth-order valence-corrected chi connectivity index (χ4v) is 2.76. The van der Waals surface area contributed by atoms with E-state index in [1.807, 2.05) is 31.2 Å². The van der Waals surface area contributed by atoms with E-state index in [4.69, 9.17) is 8.83 Å². The van der Waals surface area contributed by atoms with E-state index in [0.717, 1.165) is 10.9 Å². The number of furan rings is 2. The van der Waals surface area contributed by atoms with Gasteiger partial charge in [0, 0.05) is 16.8 Å². The van der Waals surface area contributed by atoms with Crippen molar-refractivity contribution >= 4 is 34.2 Å². The van der Waals surface area contributed by atoms with Crippen molar-refractivity contribution in [3.8, 4) is 0 Å². The van der Waals surface area contributed by atoms with Crippen LogP contribution in [-0.4, -0.2) is 11.8 Å². The standard InChI is InChI=1S/C21H16N2O4/c1-13-11-15(8-9-16(13)23-20(24)18-7-4-10-26-18)22-21(25)19-12-14-5-2-3-6-17(14)27-19/h2-12H,1H3,(H,22,25)(H,23,24). The van der Waals surface area contributed by atoms with Crippen LogP contribution in [0.15, 0.2) is 75.8 Å². The first-order valence-electron chi connectivity index (χ1n) is 8.35. The molecular weight excluding hydrogens is 344 g/mol. The zero-order valence-electron chi connectivity index (χ0n) is 14.5. The minimum Gasteiger partial charge on any atom is -0.459 e. The number of amides is 2. The molecule has 27 heavy (non-hydrogen) atoms. The Kier molecular flexibility index (Phi) is 4.22. The summed E-state index contributed by atoms with van der Waals surface area (Å²) in [6, 6.07) is 17.6. The Balaban J connectivity index is 1.48. The van der Waals surface area contributed by atoms with Crippen LogP contribution in [0, 0.1) is 6.92 Å². The molecule has 134 valence electrons. The van der Waals surface area contributed by atoms with Gasteiger partial charge in [-0.2, -0.15) is 0 Å². The van der Waals surface area contributed by atoms with Crippen LogP contribution in [0.2, 0.25) is 0 Å². The fourth-order valence-electron chi connectivity index (χ4n) is 2.76. The van der Waals surface area contributed by atoms with E-state index >= 15 is 0 Å². The Hall–Kier alpha value is -3.80. The van der Waals surface area contributed by atoms with Gasteiger partial charge in [0.1, 0.15) is 5.58 Å². The lowest BCUT2D eigenvalue weighted by Gasteiger charge is -2.10. The Labute approximate surface area is 154 Å². The number of rotatable bonds is 4. The summed E-state index contributed by atoms with van der Waals surface area (Å²) < 4.78 is 10.6. The molecule has 0 bridgehead atoms. The van der Waals surface area contributed by atoms with E-state index in [0.29, 0.717) is 17.0 Å². The molecule has 0 aliphatic rings. The maximum absolute atomic E-state index is 12.4. The predicted octanol–water partition coefficient (Wildman–Crippen LogP) is 4.84. The van der Waals surface area contributed by atoms with Gasteiger partial charge in [0.05, 0.1) is 6.26 Å². The van der Waals surface area contributed by atoms with Gasteiger partial charge in [-0.1, -0.05) is 18.2 Å². The Morgan fingerprint density at radius 1 is 0.852 bits per heavy atom. The summed E-state index contributed by atoms with van der Waals surface area (Å²) in [5.41, 5.74) is 2.71. The van der Waals surface area contributed by atoms with Crippen LogP contribution < -0.4 is 10.6 Å². The fraction of sp³-hybridized carbons (Fsp3) is 0.0476. The number of hydrogen-bond acceptors (Lipinski definition) is 4. The molecule has 0 atom stereocenters. The first-order chi connectivity index (χ1) is 13.1. The van der Waals surface area contributed by atoms with Crippen molar-refractivity contribution in [3.63, 3.8) is 0 Å². The number of carbonyl (C=O) groups is 2. The van der Waals surface area contributed by atoms with Crippen LogP contribution >= 0.6 is 0 Å². The number of hydrogen-bond donors (Lipinski definition) is 2. The zero-order valence-corrected chi connectivity index (χ0v) is 14.5. The molecule has 4 aromatic rings. The molecule has 0 radical (unpaired) electrons. The second-order valence-electron chi connectivity index (χ2n) is 6.06. The summed E-state index contributed by atoms with van der Waals surface area (Å²) in [5.74, 6) is -0.194. The van der Waals surface area contributed by atoms with Crippen molar-refractivity contribution in [1.29, 1.82) is 0 Å². The van der Waals surface area contributed by atoms with Crippen molar-refractivity contribution in [1.82, 2.24) is 0 Å². The van der Waals surface area contributed by atoms with Crippen LogP contribution in [-0.2, 0) is 0 Å². The summed E-state index contributed by atoms with van der Waals surface area (Å²) in [6.07, 6.45) is 1.44. The van der Waals surface area contributed by atoms with Gasteiger partial charge in [0.25, 0.3) is 11.8 Å². The molecule has 0 aliphatic carbocycles. The van der Waals surface area contributed by atoms with Crippen LogP contribution in [0.1, 0.15) is 26.7 Å². The maximum Gasteiger partial charge on any atom is 0.291 e. The van der Waals surface area contributed by atoms with Crippen LogP contribution in [0.25, 0.3) is 11.0 Å². The number of aryl methyl sites for hydroxylation is 1. The van der Waals surface area contributed by atoms with Gasteiger partial charge in [-0.15, -0.1) is 0 Å². The van der Waals surface area contributed by atoms with Gasteiger partial charge in [-0.25, -0.2) is 0 Å². The quantitative estimate of drug-likeness (QED) is 0.545. The molecular formula is C21H16N2O4. The molecule has 2 aromatic carbocycles. The first-order valence-corrected chi connectivity index (χ1v) is 8.35. The maximum atomic E-state index is 12.4. The molecule has 2 aromatic heterocycles. The van der Waals surface area contributed by atoms with Gasteiger partial charge >= 0.3 is 0 Å². The normalized spacial score (nSPS) is 10.7. The second-order valence-corrected chi connectivity index (χ2v) is 6.06. The average molecular weight is 360 g/mol. The number of fused-ring (bicyclic) bond motifs is 1. The lowest BCUT2D eigenvalue weighted by atomic mass is 10.1. The highest BCUT2D eigenvalue weighted by Gasteiger charge is 2.14. The van der Waals surface area contributed by atoms with Crippen molar-refractivity contribution < 1.29 is 18.4 Å². The number of carbonyl (C=O) groups excluding carboxylic acids is 2. The van der Waals surface area contributed by atoms with E-state index < -0.39 is 0 Å². The molecule has 6 heteroatoms. The lowest BCUT2D eigenvalue weighted by molar-refractivity contribution is 0.0990. The van der Waals surface area contributed by atoms with Gasteiger partial charge in [-0.05, 0) is 55.0 Å². The smallest absolute Gasteiger partial charge is 0.291 e. The van der Waals surface area contributed by atoms with Gasteiger partial charge in [-0.3, -0.25) is 9.59 Å². The molecule has 0 aliphatic heterocycles. The summed E-state index contributed by atoms with van der Waals surface area (Å²) in [6.45, 7) is 1.84. The summed E-state index contributed by atoms with van der Waals surface area (Å²) in [4.78, 5) is 24.5. The van der Waals surface area contributed by atoms with Crippen LogP contribution in [0.3, 0.4) is 0 Å². The van der Waals surface area contributed by atoms with Crippen molar-refractivity contribution in [2.45, 2.75) is 6.92 Å². The Bertz CT molecular complexity index is 1090. The number of benzene rings is 2. The van der Waals surface area contributed by atoms with E-state index in [1.165, 1.54) is 6.26 Å². The SMILES string of the molecule is Cc1cc(NC(=O)c2cc3ccccc3o2)ccc1NC(=O)c1ccco1. The average Bonchev–Trinajstić information content (AvgIpc) is 3.33. The monoisotopic (exact) mass is 360 g/mol. The summed E-state index contributed by atoms with van der Waals surface area (Å²) >= 11 is 0. The minimum atomic E-state index is -0.335. The van der Waals surface area contributed by atoms with E-state index in [9.17, 15) is 9.59 Å². The predicted molar refractivity (Wildman–Crippen MR) is 102 cm³/mol. The largest absolute Gasteiger partial charge is 0.459 e. The number of nitrogens with one attached hydrogen (secondary N) is 2. The minimum absolute atomic E-state index is 0.233. The highest BCUT2D eigenvalue weighted by atomic mass is 16.3. The van der Waals surface area contributed by atoms with E-state index in [2.05, 4.69) is 10.6 Å². The molecule has 0 spiro atoms. The highest BCUT2D eigenvalue weighted by molar-refractivity contribution is 6.05. The van der Waals surface area contributed by atoms with E-state index in [1.54, 1.807) is 36.4 Å². The summed E-state index contributed by atoms with van der Waals surface area (Å²) in [5, 5.41) is 6.45. The summed E-state index contributed by atoms with van der Waals surface area (Å²) in [7, 11) is 0. The van der Waals surface area contributed by atoms with Crippen molar-refractivity contribution in [2.24, 2.45) is 0 Å². The number of para-hydroxylation sites is 1. The third-order valence-corrected chi connectivity index (χ3v) is 4.13. The molecule has 0 unspecified atom stereocenters.